The van der Waals surface area contributed by atoms with Crippen LogP contribution in [0, 0.1) is 0 Å². The zero-order valence-electron chi connectivity index (χ0n) is 15.6. The van der Waals surface area contributed by atoms with Crippen molar-refractivity contribution in [3.05, 3.63) is 48.4 Å². The Morgan fingerprint density at radius 1 is 1.19 bits per heavy atom. The Labute approximate surface area is 165 Å². The minimum atomic E-state index is 0. The number of halogens is 1. The lowest BCUT2D eigenvalue weighted by Crippen LogP contribution is -2.24. The molecule has 0 aliphatic carbocycles. The van der Waals surface area contributed by atoms with Crippen LogP contribution in [-0.2, 0) is 6.42 Å². The number of rotatable bonds is 8. The molecule has 0 saturated carbocycles. The number of nitrogens with one attached hydrogen (secondary N) is 2. The lowest BCUT2D eigenvalue weighted by molar-refractivity contribution is 0.340. The van der Waals surface area contributed by atoms with Gasteiger partial charge in [-0.2, -0.15) is 4.98 Å². The summed E-state index contributed by atoms with van der Waals surface area (Å²) >= 11 is 0. The van der Waals surface area contributed by atoms with Crippen LogP contribution in [0.2, 0.25) is 0 Å². The molecule has 1 aromatic carbocycles. The van der Waals surface area contributed by atoms with E-state index in [-0.39, 0.29) is 18.4 Å². The van der Waals surface area contributed by atoms with E-state index in [1.807, 2.05) is 50.4 Å². The van der Waals surface area contributed by atoms with Crippen molar-refractivity contribution < 1.29 is 9.26 Å². The van der Waals surface area contributed by atoms with Gasteiger partial charge in [0, 0.05) is 24.3 Å². The summed E-state index contributed by atoms with van der Waals surface area (Å²) in [5.41, 5.74) is 1.66. The number of ether oxygens (including phenoxy) is 1. The maximum Gasteiger partial charge on any atom is 0.261 e. The highest BCUT2D eigenvalue weighted by molar-refractivity contribution is 5.85. The summed E-state index contributed by atoms with van der Waals surface area (Å²) < 4.78 is 10.9. The van der Waals surface area contributed by atoms with E-state index in [0.717, 1.165) is 17.0 Å². The average Bonchev–Trinajstić information content (AvgIpc) is 3.12. The van der Waals surface area contributed by atoms with Crippen molar-refractivity contribution in [3.63, 3.8) is 0 Å². The number of likely N-dealkylation sites (N-methyl/N-ethyl adjacent to an activating group) is 1. The molecule has 0 amide bonds. The lowest BCUT2D eigenvalue weighted by Gasteiger charge is -2.09. The summed E-state index contributed by atoms with van der Waals surface area (Å²) in [5, 5.41) is 10.5. The van der Waals surface area contributed by atoms with E-state index in [1.165, 1.54) is 0 Å². The van der Waals surface area contributed by atoms with Crippen molar-refractivity contribution in [3.8, 4) is 17.2 Å². The molecule has 7 nitrogen and oxygen atoms in total. The van der Waals surface area contributed by atoms with E-state index in [0.29, 0.717) is 30.6 Å². The molecule has 1 atom stereocenters. The number of hydrogen-bond acceptors (Lipinski definition) is 7. The Kier molecular flexibility index (Phi) is 7.57. The minimum Gasteiger partial charge on any atom is -0.494 e. The van der Waals surface area contributed by atoms with Crippen molar-refractivity contribution in [1.82, 2.24) is 20.4 Å². The molecule has 0 bridgehead atoms. The van der Waals surface area contributed by atoms with E-state index in [9.17, 15) is 0 Å². The summed E-state index contributed by atoms with van der Waals surface area (Å²) in [4.78, 5) is 8.90. The van der Waals surface area contributed by atoms with Gasteiger partial charge in [-0.15, -0.1) is 12.4 Å². The first-order valence-electron chi connectivity index (χ1n) is 8.64. The molecular formula is C19H24ClN5O2. The van der Waals surface area contributed by atoms with Crippen molar-refractivity contribution in [2.75, 3.05) is 19.0 Å². The van der Waals surface area contributed by atoms with Crippen LogP contribution in [-0.4, -0.2) is 34.8 Å². The zero-order valence-corrected chi connectivity index (χ0v) is 16.4. The van der Waals surface area contributed by atoms with Crippen LogP contribution in [0.5, 0.6) is 5.75 Å². The van der Waals surface area contributed by atoms with E-state index >= 15 is 0 Å². The number of benzene rings is 1. The van der Waals surface area contributed by atoms with Gasteiger partial charge in [-0.25, -0.2) is 4.98 Å². The van der Waals surface area contributed by atoms with Gasteiger partial charge in [-0.1, -0.05) is 5.16 Å². The second-order valence-corrected chi connectivity index (χ2v) is 5.89. The number of anilines is 2. The molecule has 3 aromatic rings. The van der Waals surface area contributed by atoms with Crippen LogP contribution in [0.4, 0.5) is 11.5 Å². The molecule has 0 aliphatic rings. The predicted octanol–water partition coefficient (Wildman–Crippen LogP) is 3.85. The molecule has 8 heteroatoms. The Morgan fingerprint density at radius 2 is 1.96 bits per heavy atom. The summed E-state index contributed by atoms with van der Waals surface area (Å²) in [6.07, 6.45) is 2.42. The number of pyridine rings is 1. The first-order chi connectivity index (χ1) is 12.7. The molecule has 144 valence electrons. The molecule has 0 saturated heterocycles. The number of hydrogen-bond donors (Lipinski definition) is 2. The fourth-order valence-electron chi connectivity index (χ4n) is 2.44. The topological polar surface area (TPSA) is 85.1 Å². The smallest absolute Gasteiger partial charge is 0.261 e. The normalized spacial score (nSPS) is 11.5. The van der Waals surface area contributed by atoms with E-state index < -0.39 is 0 Å². The highest BCUT2D eigenvalue weighted by Gasteiger charge is 2.15. The van der Waals surface area contributed by atoms with Crippen LogP contribution < -0.4 is 15.4 Å². The van der Waals surface area contributed by atoms with Gasteiger partial charge in [-0.3, -0.25) is 0 Å². The molecule has 3 rings (SSSR count). The molecule has 27 heavy (non-hydrogen) atoms. The zero-order chi connectivity index (χ0) is 18.4. The number of nitrogens with zero attached hydrogens (tertiary/aromatic N) is 3. The highest BCUT2D eigenvalue weighted by atomic mass is 35.5. The Hall–Kier alpha value is -2.64. The maximum absolute atomic E-state index is 5.47. The summed E-state index contributed by atoms with van der Waals surface area (Å²) in [6, 6.07) is 11.7. The molecule has 0 aliphatic heterocycles. The fourth-order valence-corrected chi connectivity index (χ4v) is 2.44. The van der Waals surface area contributed by atoms with Gasteiger partial charge in [0.2, 0.25) is 0 Å². The van der Waals surface area contributed by atoms with E-state index in [4.69, 9.17) is 9.26 Å². The fraction of sp³-hybridized carbons (Fsp3) is 0.316. The van der Waals surface area contributed by atoms with Gasteiger partial charge in [0.15, 0.2) is 5.82 Å². The van der Waals surface area contributed by atoms with Gasteiger partial charge in [-0.05, 0) is 57.3 Å². The second-order valence-electron chi connectivity index (χ2n) is 5.89. The van der Waals surface area contributed by atoms with Crippen LogP contribution in [0.3, 0.4) is 0 Å². The summed E-state index contributed by atoms with van der Waals surface area (Å²) in [5.74, 6) is 2.61. The predicted molar refractivity (Wildman–Crippen MR) is 108 cm³/mol. The maximum atomic E-state index is 5.47. The van der Waals surface area contributed by atoms with Gasteiger partial charge < -0.3 is 19.9 Å². The van der Waals surface area contributed by atoms with Gasteiger partial charge in [0.05, 0.1) is 12.2 Å². The lowest BCUT2D eigenvalue weighted by atomic mass is 10.2. The quantitative estimate of drug-likeness (QED) is 0.605. The molecule has 1 unspecified atom stereocenters. The summed E-state index contributed by atoms with van der Waals surface area (Å²) in [7, 11) is 1.91. The molecule has 2 heterocycles. The Bertz CT molecular complexity index is 838. The van der Waals surface area contributed by atoms with Crippen LogP contribution in [0.25, 0.3) is 11.5 Å². The largest absolute Gasteiger partial charge is 0.494 e. The third-order valence-electron chi connectivity index (χ3n) is 3.92. The molecule has 2 aromatic heterocycles. The van der Waals surface area contributed by atoms with E-state index in [1.54, 1.807) is 6.20 Å². The molecule has 2 N–H and O–H groups in total. The Morgan fingerprint density at radius 3 is 2.67 bits per heavy atom. The van der Waals surface area contributed by atoms with Crippen LogP contribution >= 0.6 is 12.4 Å². The van der Waals surface area contributed by atoms with Crippen LogP contribution in [0.1, 0.15) is 19.7 Å². The molecule has 0 radical (unpaired) electrons. The molecular weight excluding hydrogens is 366 g/mol. The second kappa shape index (κ2) is 9.89. The standard InChI is InChI=1S/C19H23N5O2.ClH/c1-4-25-15-9-7-14(8-10-15)22-18-16(6-5-11-21-18)19-23-17(24-26-19)12-13(2)20-3;/h5-11,13,20H,4,12H2,1-3H3,(H,21,22);1H. The van der Waals surface area contributed by atoms with Crippen molar-refractivity contribution in [2.45, 2.75) is 26.3 Å². The first-order valence-corrected chi connectivity index (χ1v) is 8.64. The third-order valence-corrected chi connectivity index (χ3v) is 3.92. The minimum absolute atomic E-state index is 0. The SMILES string of the molecule is CCOc1ccc(Nc2ncccc2-c2nc(CC(C)NC)no2)cc1.Cl. The van der Waals surface area contributed by atoms with Crippen LogP contribution in [0.15, 0.2) is 47.1 Å². The molecule has 0 fully saturated rings. The average molecular weight is 390 g/mol. The van der Waals surface area contributed by atoms with E-state index in [2.05, 4.69) is 32.7 Å². The van der Waals surface area contributed by atoms with Crippen molar-refractivity contribution in [1.29, 1.82) is 0 Å². The molecule has 0 spiro atoms. The number of aromatic nitrogens is 3. The summed E-state index contributed by atoms with van der Waals surface area (Å²) in [6.45, 7) is 4.67. The van der Waals surface area contributed by atoms with Crippen molar-refractivity contribution >= 4 is 23.9 Å². The highest BCUT2D eigenvalue weighted by Crippen LogP contribution is 2.28. The van der Waals surface area contributed by atoms with Gasteiger partial charge in [0.25, 0.3) is 5.89 Å². The van der Waals surface area contributed by atoms with Crippen molar-refractivity contribution in [2.24, 2.45) is 0 Å². The van der Waals surface area contributed by atoms with Gasteiger partial charge >= 0.3 is 0 Å². The first kappa shape index (κ1) is 20.7. The monoisotopic (exact) mass is 389 g/mol. The Balaban J connectivity index is 0.00000261. The third kappa shape index (κ3) is 5.42. The van der Waals surface area contributed by atoms with Gasteiger partial charge in [0.1, 0.15) is 11.6 Å².